The first-order valence-electron chi connectivity index (χ1n) is 5.13. The van der Waals surface area contributed by atoms with E-state index in [2.05, 4.69) is 5.32 Å². The standard InChI is InChI=1S/C11H15Cl2NO2S/c1-14-11(5-6-17(2,15)16)8-3-4-9(12)10(13)7-8/h3-4,7,11,14H,5-6H2,1-2H3. The zero-order valence-corrected chi connectivity index (χ0v) is 12.0. The molecule has 0 heterocycles. The van der Waals surface area contributed by atoms with Gasteiger partial charge in [-0.3, -0.25) is 0 Å². The van der Waals surface area contributed by atoms with Crippen LogP contribution in [-0.4, -0.2) is 27.5 Å². The zero-order valence-electron chi connectivity index (χ0n) is 9.70. The Labute approximate surface area is 112 Å². The number of hydrogen-bond acceptors (Lipinski definition) is 3. The molecule has 1 unspecified atom stereocenters. The van der Waals surface area contributed by atoms with E-state index in [1.54, 1.807) is 19.2 Å². The van der Waals surface area contributed by atoms with Gasteiger partial charge in [0.15, 0.2) is 0 Å². The van der Waals surface area contributed by atoms with Gasteiger partial charge >= 0.3 is 0 Å². The number of rotatable bonds is 5. The summed E-state index contributed by atoms with van der Waals surface area (Å²) in [4.78, 5) is 0. The Morgan fingerprint density at radius 3 is 2.41 bits per heavy atom. The van der Waals surface area contributed by atoms with Crippen LogP contribution in [0.15, 0.2) is 18.2 Å². The summed E-state index contributed by atoms with van der Waals surface area (Å²) >= 11 is 11.8. The van der Waals surface area contributed by atoms with E-state index in [0.29, 0.717) is 16.5 Å². The molecule has 6 heteroatoms. The first-order valence-corrected chi connectivity index (χ1v) is 7.95. The predicted octanol–water partition coefficient (Wildman–Crippen LogP) is 2.69. The van der Waals surface area contributed by atoms with Crippen LogP contribution in [0.2, 0.25) is 10.0 Å². The van der Waals surface area contributed by atoms with E-state index in [0.717, 1.165) is 5.56 Å². The zero-order chi connectivity index (χ0) is 13.1. The van der Waals surface area contributed by atoms with E-state index >= 15 is 0 Å². The van der Waals surface area contributed by atoms with Gasteiger partial charge in [-0.05, 0) is 31.2 Å². The molecule has 0 bridgehead atoms. The van der Waals surface area contributed by atoms with E-state index in [1.165, 1.54) is 6.26 Å². The molecule has 0 radical (unpaired) electrons. The van der Waals surface area contributed by atoms with Crippen molar-refractivity contribution in [2.24, 2.45) is 0 Å². The third-order valence-electron chi connectivity index (χ3n) is 2.47. The van der Waals surface area contributed by atoms with Gasteiger partial charge in [0.05, 0.1) is 15.8 Å². The van der Waals surface area contributed by atoms with Crippen molar-refractivity contribution in [3.05, 3.63) is 33.8 Å². The summed E-state index contributed by atoms with van der Waals surface area (Å²) in [7, 11) is -1.17. The van der Waals surface area contributed by atoms with Gasteiger partial charge in [0.1, 0.15) is 9.84 Å². The highest BCUT2D eigenvalue weighted by molar-refractivity contribution is 7.90. The van der Waals surface area contributed by atoms with Crippen LogP contribution < -0.4 is 5.32 Å². The molecule has 1 N–H and O–H groups in total. The monoisotopic (exact) mass is 295 g/mol. The summed E-state index contributed by atoms with van der Waals surface area (Å²) < 4.78 is 22.3. The van der Waals surface area contributed by atoms with Crippen molar-refractivity contribution in [3.8, 4) is 0 Å². The molecule has 0 aliphatic heterocycles. The normalized spacial score (nSPS) is 13.6. The van der Waals surface area contributed by atoms with E-state index in [-0.39, 0.29) is 11.8 Å². The van der Waals surface area contributed by atoms with Crippen molar-refractivity contribution in [2.75, 3.05) is 19.1 Å². The Morgan fingerprint density at radius 2 is 1.94 bits per heavy atom. The van der Waals surface area contributed by atoms with Gasteiger partial charge in [0, 0.05) is 12.3 Å². The van der Waals surface area contributed by atoms with E-state index in [1.807, 2.05) is 6.07 Å². The Kier molecular flexibility index (Phi) is 5.25. The van der Waals surface area contributed by atoms with Crippen molar-refractivity contribution < 1.29 is 8.42 Å². The maximum Gasteiger partial charge on any atom is 0.147 e. The molecule has 1 aromatic rings. The summed E-state index contributed by atoms with van der Waals surface area (Å²) in [6, 6.07) is 5.27. The van der Waals surface area contributed by atoms with Gasteiger partial charge in [0.2, 0.25) is 0 Å². The summed E-state index contributed by atoms with van der Waals surface area (Å²) in [6.07, 6.45) is 1.74. The van der Waals surface area contributed by atoms with Crippen LogP contribution in [0.3, 0.4) is 0 Å². The van der Waals surface area contributed by atoms with E-state index in [9.17, 15) is 8.42 Å². The third-order valence-corrected chi connectivity index (χ3v) is 4.19. The molecule has 1 aromatic carbocycles. The third kappa shape index (κ3) is 4.84. The molecule has 0 amide bonds. The highest BCUT2D eigenvalue weighted by Crippen LogP contribution is 2.26. The molecule has 1 atom stereocenters. The number of sulfone groups is 1. The highest BCUT2D eigenvalue weighted by Gasteiger charge is 2.13. The molecule has 17 heavy (non-hydrogen) atoms. The molecule has 0 fully saturated rings. The molecule has 96 valence electrons. The van der Waals surface area contributed by atoms with Crippen molar-refractivity contribution in [1.82, 2.24) is 5.32 Å². The van der Waals surface area contributed by atoms with Crippen LogP contribution in [0, 0.1) is 0 Å². The number of halogens is 2. The molecule has 1 rings (SSSR count). The Bertz CT molecular complexity index is 488. The molecule has 3 nitrogen and oxygen atoms in total. The molecule has 0 saturated carbocycles. The average Bonchev–Trinajstić information content (AvgIpc) is 2.22. The minimum Gasteiger partial charge on any atom is -0.313 e. The van der Waals surface area contributed by atoms with Crippen LogP contribution in [0.5, 0.6) is 0 Å². The predicted molar refractivity (Wildman–Crippen MR) is 72.6 cm³/mol. The van der Waals surface area contributed by atoms with Crippen molar-refractivity contribution >= 4 is 33.0 Å². The molecular formula is C11H15Cl2NO2S. The Hall–Kier alpha value is -0.290. The van der Waals surface area contributed by atoms with Crippen LogP contribution in [0.25, 0.3) is 0 Å². The second kappa shape index (κ2) is 6.05. The van der Waals surface area contributed by atoms with Crippen LogP contribution >= 0.6 is 23.2 Å². The largest absolute Gasteiger partial charge is 0.313 e. The lowest BCUT2D eigenvalue weighted by Gasteiger charge is -2.16. The van der Waals surface area contributed by atoms with E-state index < -0.39 is 9.84 Å². The second-order valence-electron chi connectivity index (χ2n) is 3.93. The smallest absolute Gasteiger partial charge is 0.147 e. The topological polar surface area (TPSA) is 46.2 Å². The van der Waals surface area contributed by atoms with Crippen LogP contribution in [-0.2, 0) is 9.84 Å². The summed E-state index contributed by atoms with van der Waals surface area (Å²) in [5.41, 5.74) is 0.936. The quantitative estimate of drug-likeness (QED) is 0.908. The van der Waals surface area contributed by atoms with Gasteiger partial charge < -0.3 is 5.32 Å². The minimum atomic E-state index is -2.95. The van der Waals surface area contributed by atoms with Crippen molar-refractivity contribution in [1.29, 1.82) is 0 Å². The summed E-state index contributed by atoms with van der Waals surface area (Å²) in [5.74, 6) is 0.138. The molecule has 0 saturated heterocycles. The van der Waals surface area contributed by atoms with Crippen molar-refractivity contribution in [3.63, 3.8) is 0 Å². The van der Waals surface area contributed by atoms with Crippen molar-refractivity contribution in [2.45, 2.75) is 12.5 Å². The molecule has 0 spiro atoms. The van der Waals surface area contributed by atoms with Gasteiger partial charge in [-0.2, -0.15) is 0 Å². The molecule has 0 aromatic heterocycles. The fourth-order valence-electron chi connectivity index (χ4n) is 1.54. The fourth-order valence-corrected chi connectivity index (χ4v) is 2.51. The molecular weight excluding hydrogens is 281 g/mol. The van der Waals surface area contributed by atoms with Gasteiger partial charge in [-0.25, -0.2) is 8.42 Å². The average molecular weight is 296 g/mol. The minimum absolute atomic E-state index is 0.0421. The Morgan fingerprint density at radius 1 is 1.29 bits per heavy atom. The molecule has 0 aliphatic carbocycles. The van der Waals surface area contributed by atoms with Crippen LogP contribution in [0.1, 0.15) is 18.0 Å². The SMILES string of the molecule is CNC(CCS(C)(=O)=O)c1ccc(Cl)c(Cl)c1. The lowest BCUT2D eigenvalue weighted by molar-refractivity contribution is 0.559. The molecule has 0 aliphatic rings. The summed E-state index contributed by atoms with van der Waals surface area (Å²) in [5, 5.41) is 4.04. The maximum absolute atomic E-state index is 11.1. The van der Waals surface area contributed by atoms with E-state index in [4.69, 9.17) is 23.2 Å². The summed E-state index contributed by atoms with van der Waals surface area (Å²) in [6.45, 7) is 0. The second-order valence-corrected chi connectivity index (χ2v) is 7.01. The Balaban J connectivity index is 2.83. The fraction of sp³-hybridized carbons (Fsp3) is 0.455. The highest BCUT2D eigenvalue weighted by atomic mass is 35.5. The lowest BCUT2D eigenvalue weighted by Crippen LogP contribution is -2.19. The van der Waals surface area contributed by atoms with Gasteiger partial charge in [0.25, 0.3) is 0 Å². The van der Waals surface area contributed by atoms with Gasteiger partial charge in [-0.15, -0.1) is 0 Å². The number of nitrogens with one attached hydrogen (secondary N) is 1. The number of hydrogen-bond donors (Lipinski definition) is 1. The van der Waals surface area contributed by atoms with Crippen LogP contribution in [0.4, 0.5) is 0 Å². The maximum atomic E-state index is 11.1. The first kappa shape index (κ1) is 14.8. The number of benzene rings is 1. The lowest BCUT2D eigenvalue weighted by atomic mass is 10.1. The van der Waals surface area contributed by atoms with Gasteiger partial charge in [-0.1, -0.05) is 29.3 Å². The first-order chi connectivity index (χ1) is 7.83.